The molecule has 7 nitrogen and oxygen atoms in total. The number of hydrogen-bond donors (Lipinski definition) is 0. The van der Waals surface area contributed by atoms with Crippen molar-refractivity contribution in [2.24, 2.45) is 0 Å². The largest absolute Gasteiger partial charge is 0.534 e. The molecule has 0 aromatic heterocycles. The van der Waals surface area contributed by atoms with E-state index in [1.807, 2.05) is 30.3 Å². The molecule has 0 spiro atoms. The lowest BCUT2D eigenvalue weighted by Crippen LogP contribution is -2.40. The molecule has 0 fully saturated rings. The topological polar surface area (TPSA) is 74.3 Å². The first-order valence-electron chi connectivity index (χ1n) is 12.9. The van der Waals surface area contributed by atoms with Gasteiger partial charge in [0.2, 0.25) is 0 Å². The Bertz CT molecular complexity index is 1130. The highest BCUT2D eigenvalue weighted by Crippen LogP contribution is 2.26. The first-order chi connectivity index (χ1) is 18.1. The van der Waals surface area contributed by atoms with E-state index in [0.717, 1.165) is 41.0 Å². The number of amides is 1. The van der Waals surface area contributed by atoms with Crippen LogP contribution in [0.1, 0.15) is 78.9 Å². The third kappa shape index (κ3) is 12.7. The summed E-state index contributed by atoms with van der Waals surface area (Å²) >= 11 is 12.2. The second kappa shape index (κ2) is 14.5. The second-order valence-corrected chi connectivity index (χ2v) is 11.9. The Morgan fingerprint density at radius 3 is 2.15 bits per heavy atom. The molecule has 0 bridgehead atoms. The zero-order valence-electron chi connectivity index (χ0n) is 23.8. The van der Waals surface area contributed by atoms with Crippen molar-refractivity contribution in [2.75, 3.05) is 6.54 Å². The number of unbranched alkanes of at least 4 members (excludes halogenated alkanes) is 1. The molecule has 1 amide bonds. The minimum absolute atomic E-state index is 0.0285. The van der Waals surface area contributed by atoms with E-state index in [0.29, 0.717) is 22.4 Å². The summed E-state index contributed by atoms with van der Waals surface area (Å²) in [4.78, 5) is 30.5. The van der Waals surface area contributed by atoms with Gasteiger partial charge in [-0.05, 0) is 101 Å². The zero-order chi connectivity index (χ0) is 29.2. The summed E-state index contributed by atoms with van der Waals surface area (Å²) in [6.45, 7) is 12.7. The summed E-state index contributed by atoms with van der Waals surface area (Å²) in [6, 6.07) is 13.0. The fourth-order valence-electron chi connectivity index (χ4n) is 3.39. The molecule has 0 unspecified atom stereocenters. The molecule has 2 aromatic carbocycles. The lowest BCUT2D eigenvalue weighted by atomic mass is 9.99. The Morgan fingerprint density at radius 2 is 1.56 bits per heavy atom. The van der Waals surface area contributed by atoms with Crippen molar-refractivity contribution >= 4 is 41.0 Å². The Hall–Kier alpha value is -2.90. The van der Waals surface area contributed by atoms with Crippen molar-refractivity contribution in [1.82, 2.24) is 5.06 Å². The molecule has 0 N–H and O–H groups in total. The number of carbonyl (C=O) groups is 2. The minimum atomic E-state index is -0.992. The van der Waals surface area contributed by atoms with Crippen LogP contribution in [0.4, 0.5) is 9.59 Å². The van der Waals surface area contributed by atoms with E-state index < -0.39 is 23.5 Å². The molecule has 0 atom stereocenters. The molecule has 2 rings (SSSR count). The zero-order valence-corrected chi connectivity index (χ0v) is 25.3. The standard InChI is InChI=1S/C30H39Cl2NO6/c1-8-9-11-22(14-15-33(27(34)37-29(2,3)4)39-28(35)38-30(5,6)7)23-12-10-13-26(18-23)36-20-21-16-24(31)19-25(32)17-21/h10,12-14,16-19H,8-9,11,15,20H2,1-7H3/b22-14-. The Morgan fingerprint density at radius 1 is 0.923 bits per heavy atom. The van der Waals surface area contributed by atoms with Crippen molar-refractivity contribution < 1.29 is 28.6 Å². The first kappa shape index (κ1) is 32.3. The van der Waals surface area contributed by atoms with Crippen molar-refractivity contribution in [3.63, 3.8) is 0 Å². The number of ether oxygens (including phenoxy) is 3. The predicted octanol–water partition coefficient (Wildman–Crippen LogP) is 9.25. The van der Waals surface area contributed by atoms with Crippen LogP contribution in [0.2, 0.25) is 10.0 Å². The highest BCUT2D eigenvalue weighted by atomic mass is 35.5. The van der Waals surface area contributed by atoms with Gasteiger partial charge in [0.15, 0.2) is 0 Å². The summed E-state index contributed by atoms with van der Waals surface area (Å²) in [5, 5.41) is 1.96. The molecule has 39 heavy (non-hydrogen) atoms. The van der Waals surface area contributed by atoms with Crippen LogP contribution in [0.5, 0.6) is 5.75 Å². The van der Waals surface area contributed by atoms with Crippen LogP contribution >= 0.6 is 23.2 Å². The summed E-state index contributed by atoms with van der Waals surface area (Å²) < 4.78 is 16.7. The Kier molecular flexibility index (Phi) is 12.0. The molecule has 214 valence electrons. The van der Waals surface area contributed by atoms with Gasteiger partial charge in [0.05, 0.1) is 6.54 Å². The van der Waals surface area contributed by atoms with Crippen molar-refractivity contribution in [2.45, 2.75) is 85.5 Å². The predicted molar refractivity (Wildman–Crippen MR) is 155 cm³/mol. The summed E-state index contributed by atoms with van der Waals surface area (Å²) in [7, 11) is 0. The summed E-state index contributed by atoms with van der Waals surface area (Å²) in [5.74, 6) is 0.667. The quantitative estimate of drug-likeness (QED) is 0.217. The lowest BCUT2D eigenvalue weighted by molar-refractivity contribution is -0.130. The smallest absolute Gasteiger partial charge is 0.489 e. The summed E-state index contributed by atoms with van der Waals surface area (Å²) in [6.07, 6.45) is 2.72. The molecule has 0 saturated carbocycles. The highest BCUT2D eigenvalue weighted by Gasteiger charge is 2.27. The number of carbonyl (C=O) groups excluding carboxylic acids is 2. The third-order valence-corrected chi connectivity index (χ3v) is 5.44. The van der Waals surface area contributed by atoms with Gasteiger partial charge in [0.25, 0.3) is 0 Å². The molecule has 0 aliphatic heterocycles. The van der Waals surface area contributed by atoms with Gasteiger partial charge in [-0.3, -0.25) is 4.84 Å². The number of hydrogen-bond acceptors (Lipinski definition) is 6. The lowest BCUT2D eigenvalue weighted by Gasteiger charge is -2.26. The molecule has 0 aliphatic carbocycles. The van der Waals surface area contributed by atoms with E-state index in [1.54, 1.807) is 59.7 Å². The average Bonchev–Trinajstić information content (AvgIpc) is 2.79. The molecule has 0 saturated heterocycles. The van der Waals surface area contributed by atoms with Gasteiger partial charge in [-0.1, -0.05) is 54.8 Å². The molecule has 0 aliphatic rings. The van der Waals surface area contributed by atoms with E-state index in [1.165, 1.54) is 0 Å². The van der Waals surface area contributed by atoms with Crippen LogP contribution in [0.25, 0.3) is 5.57 Å². The molecular weight excluding hydrogens is 541 g/mol. The maximum Gasteiger partial charge on any atom is 0.534 e. The average molecular weight is 581 g/mol. The van der Waals surface area contributed by atoms with Gasteiger partial charge in [-0.15, -0.1) is 5.06 Å². The third-order valence-electron chi connectivity index (χ3n) is 5.01. The fraction of sp³-hybridized carbons (Fsp3) is 0.467. The van der Waals surface area contributed by atoms with Crippen LogP contribution in [0.3, 0.4) is 0 Å². The van der Waals surface area contributed by atoms with E-state index >= 15 is 0 Å². The molecule has 0 radical (unpaired) electrons. The molecule has 2 aromatic rings. The van der Waals surface area contributed by atoms with Crippen LogP contribution in [-0.2, 0) is 20.9 Å². The van der Waals surface area contributed by atoms with E-state index in [2.05, 4.69) is 6.92 Å². The second-order valence-electron chi connectivity index (χ2n) is 11.0. The van der Waals surface area contributed by atoms with Gasteiger partial charge >= 0.3 is 12.2 Å². The number of rotatable bonds is 9. The molecular formula is C30H39Cl2NO6. The van der Waals surface area contributed by atoms with Gasteiger partial charge in [-0.25, -0.2) is 9.59 Å². The van der Waals surface area contributed by atoms with Crippen molar-refractivity contribution in [3.05, 3.63) is 69.7 Å². The van der Waals surface area contributed by atoms with Crippen LogP contribution in [-0.4, -0.2) is 35.1 Å². The van der Waals surface area contributed by atoms with Gasteiger partial charge in [0.1, 0.15) is 23.6 Å². The van der Waals surface area contributed by atoms with Crippen molar-refractivity contribution in [1.29, 1.82) is 0 Å². The first-order valence-corrected chi connectivity index (χ1v) is 13.7. The Balaban J connectivity index is 2.27. The highest BCUT2D eigenvalue weighted by molar-refractivity contribution is 6.34. The van der Waals surface area contributed by atoms with Gasteiger partial charge in [-0.2, -0.15) is 0 Å². The SMILES string of the molecule is CCCC/C(=C/CN(OC(=O)OC(C)(C)C)C(=O)OC(C)(C)C)c1cccc(OCc2cc(Cl)cc(Cl)c2)c1. The van der Waals surface area contributed by atoms with E-state index in [-0.39, 0.29) is 6.54 Å². The maximum atomic E-state index is 12.8. The minimum Gasteiger partial charge on any atom is -0.489 e. The normalized spacial score (nSPS) is 12.1. The van der Waals surface area contributed by atoms with Crippen LogP contribution in [0, 0.1) is 0 Å². The fourth-order valence-corrected chi connectivity index (χ4v) is 3.96. The van der Waals surface area contributed by atoms with Gasteiger partial charge < -0.3 is 14.2 Å². The van der Waals surface area contributed by atoms with Crippen LogP contribution in [0.15, 0.2) is 48.5 Å². The summed E-state index contributed by atoms with van der Waals surface area (Å²) in [5.41, 5.74) is 1.18. The van der Waals surface area contributed by atoms with E-state index in [4.69, 9.17) is 42.3 Å². The number of halogens is 2. The molecule has 0 heterocycles. The number of nitrogens with zero attached hydrogens (tertiary/aromatic N) is 1. The van der Waals surface area contributed by atoms with Crippen molar-refractivity contribution in [3.8, 4) is 5.75 Å². The van der Waals surface area contributed by atoms with Gasteiger partial charge in [0, 0.05) is 10.0 Å². The Labute approximate surface area is 241 Å². The number of benzene rings is 2. The number of hydroxylamine groups is 2. The number of allylic oxidation sites excluding steroid dienone is 1. The molecule has 9 heteroatoms. The van der Waals surface area contributed by atoms with Crippen LogP contribution < -0.4 is 4.74 Å². The maximum absolute atomic E-state index is 12.8. The van der Waals surface area contributed by atoms with E-state index in [9.17, 15) is 9.59 Å². The monoisotopic (exact) mass is 579 g/mol.